The molecule has 2 aromatic rings. The number of para-hydroxylation sites is 1. The maximum atomic E-state index is 4.65. The molecule has 3 nitrogen and oxygen atoms in total. The van der Waals surface area contributed by atoms with Gasteiger partial charge < -0.3 is 11.6 Å². The van der Waals surface area contributed by atoms with Crippen molar-refractivity contribution < 1.29 is 5.48 Å². The van der Waals surface area contributed by atoms with Gasteiger partial charge in [0.05, 0.1) is 5.52 Å². The molecule has 2 rings (SSSR count). The van der Waals surface area contributed by atoms with Crippen LogP contribution in [0.25, 0.3) is 10.9 Å². The molecule has 0 aliphatic heterocycles. The van der Waals surface area contributed by atoms with Crippen molar-refractivity contribution in [1.29, 1.82) is 0 Å². The quantitative estimate of drug-likeness (QED) is 0.823. The highest BCUT2D eigenvalue weighted by Gasteiger charge is 1.97. The van der Waals surface area contributed by atoms with E-state index in [4.69, 9.17) is 0 Å². The van der Waals surface area contributed by atoms with Crippen LogP contribution in [0.2, 0.25) is 0 Å². The van der Waals surface area contributed by atoms with Crippen molar-refractivity contribution in [3.8, 4) is 0 Å². The van der Waals surface area contributed by atoms with E-state index in [0.717, 1.165) is 11.9 Å². The second-order valence-corrected chi connectivity index (χ2v) is 3.95. The van der Waals surface area contributed by atoms with Crippen LogP contribution in [0.4, 0.5) is 0 Å². The molecule has 0 aliphatic rings. The zero-order chi connectivity index (χ0) is 10.5. The maximum Gasteiger partial charge on any atom is 0.0705 e. The number of aromatic nitrogens is 1. The number of rotatable bonds is 4. The van der Waals surface area contributed by atoms with Crippen molar-refractivity contribution in [3.63, 3.8) is 0 Å². The van der Waals surface area contributed by atoms with Gasteiger partial charge >= 0.3 is 0 Å². The lowest BCUT2D eigenvalue weighted by atomic mass is 10.1. The maximum absolute atomic E-state index is 4.65. The van der Waals surface area contributed by atoms with E-state index in [2.05, 4.69) is 42.2 Å². The van der Waals surface area contributed by atoms with Crippen LogP contribution in [0.3, 0.4) is 0 Å². The Hall–Kier alpha value is -1.45. The lowest BCUT2D eigenvalue weighted by molar-refractivity contribution is 0.709. The number of hydrogen-bond acceptors (Lipinski definition) is 2. The van der Waals surface area contributed by atoms with E-state index in [-0.39, 0.29) is 11.6 Å². The smallest absolute Gasteiger partial charge is 0.0705 e. The number of unbranched alkanes of at least 4 members (excludes halogenated alkanes) is 2. The van der Waals surface area contributed by atoms with Crippen molar-refractivity contribution in [2.45, 2.75) is 32.6 Å². The molecule has 3 heteroatoms. The van der Waals surface area contributed by atoms with E-state index >= 15 is 0 Å². The fourth-order valence-corrected chi connectivity index (χ4v) is 1.80. The van der Waals surface area contributed by atoms with Crippen molar-refractivity contribution in [1.82, 2.24) is 11.1 Å². The molecule has 0 saturated carbocycles. The average molecular weight is 234 g/mol. The largest absolute Gasteiger partial charge is 0.412 e. The van der Waals surface area contributed by atoms with Gasteiger partial charge in [-0.2, -0.15) is 0 Å². The Bertz CT molecular complexity index is 443. The number of nitrogens with zero attached hydrogens (tertiary/aromatic N) is 1. The Morgan fingerprint density at radius 1 is 1.00 bits per heavy atom. The molecule has 0 amide bonds. The number of pyridine rings is 1. The average Bonchev–Trinajstić information content (AvgIpc) is 2.29. The van der Waals surface area contributed by atoms with Crippen molar-refractivity contribution in [2.75, 3.05) is 0 Å². The summed E-state index contributed by atoms with van der Waals surface area (Å²) in [6, 6.07) is 12.6. The van der Waals surface area contributed by atoms with Crippen LogP contribution in [0.5, 0.6) is 0 Å². The van der Waals surface area contributed by atoms with Crippen molar-refractivity contribution >= 4 is 10.9 Å². The van der Waals surface area contributed by atoms with Crippen LogP contribution in [0.15, 0.2) is 36.4 Å². The van der Waals surface area contributed by atoms with Gasteiger partial charge in [0.25, 0.3) is 0 Å². The first kappa shape index (κ1) is 15.6. The number of hydrogen-bond donors (Lipinski definition) is 1. The summed E-state index contributed by atoms with van der Waals surface area (Å²) in [6.07, 6.45) is 4.93. The van der Waals surface area contributed by atoms with Gasteiger partial charge in [-0.25, -0.2) is 0 Å². The molecule has 0 bridgehead atoms. The van der Waals surface area contributed by atoms with Gasteiger partial charge in [-0.15, -0.1) is 0 Å². The highest BCUT2D eigenvalue weighted by molar-refractivity contribution is 5.78. The van der Waals surface area contributed by atoms with Crippen molar-refractivity contribution in [3.05, 3.63) is 42.1 Å². The molecular weight excluding hydrogens is 212 g/mol. The molecule has 1 aromatic heterocycles. The summed E-state index contributed by atoms with van der Waals surface area (Å²) >= 11 is 0. The predicted molar refractivity (Wildman–Crippen MR) is 73.6 cm³/mol. The molecule has 0 fully saturated rings. The SMILES string of the molecule is CCCCCc1ccc2ccccc2n1.N.O. The van der Waals surface area contributed by atoms with E-state index in [0.29, 0.717) is 0 Å². The molecule has 0 aliphatic carbocycles. The normalized spacial score (nSPS) is 9.47. The Balaban J connectivity index is 0.00000128. The van der Waals surface area contributed by atoms with E-state index in [1.165, 1.54) is 30.3 Å². The summed E-state index contributed by atoms with van der Waals surface area (Å²) in [5.41, 5.74) is 2.34. The molecule has 0 atom stereocenters. The van der Waals surface area contributed by atoms with Crippen LogP contribution in [0.1, 0.15) is 31.9 Å². The van der Waals surface area contributed by atoms with Crippen LogP contribution in [0, 0.1) is 0 Å². The molecule has 1 aromatic carbocycles. The summed E-state index contributed by atoms with van der Waals surface area (Å²) < 4.78 is 0. The molecule has 1 heterocycles. The molecule has 0 unspecified atom stereocenters. The number of benzene rings is 1. The van der Waals surface area contributed by atoms with Crippen LogP contribution >= 0.6 is 0 Å². The highest BCUT2D eigenvalue weighted by atomic mass is 16.0. The third kappa shape index (κ3) is 4.13. The summed E-state index contributed by atoms with van der Waals surface area (Å²) in [5, 5.41) is 1.23. The Kier molecular flexibility index (Phi) is 7.10. The Morgan fingerprint density at radius 3 is 2.53 bits per heavy atom. The van der Waals surface area contributed by atoms with E-state index < -0.39 is 0 Å². The lowest BCUT2D eigenvalue weighted by Crippen LogP contribution is -1.90. The summed E-state index contributed by atoms with van der Waals surface area (Å²) in [5.74, 6) is 0. The number of fused-ring (bicyclic) bond motifs is 1. The van der Waals surface area contributed by atoms with Gasteiger partial charge in [0.15, 0.2) is 0 Å². The first-order chi connectivity index (χ1) is 7.40. The second kappa shape index (κ2) is 7.76. The van der Waals surface area contributed by atoms with Gasteiger partial charge in [0.2, 0.25) is 0 Å². The topological polar surface area (TPSA) is 79.4 Å². The highest BCUT2D eigenvalue weighted by Crippen LogP contribution is 2.13. The van der Waals surface area contributed by atoms with E-state index in [9.17, 15) is 0 Å². The minimum Gasteiger partial charge on any atom is -0.412 e. The minimum atomic E-state index is 0. The number of aryl methyl sites for hydroxylation is 1. The standard InChI is InChI=1S/C14H17N.H3N.H2O/c1-2-3-4-8-13-11-10-12-7-5-6-9-14(12)15-13;;/h5-7,9-11H,2-4,8H2,1H3;1H3;1H2. The lowest BCUT2D eigenvalue weighted by Gasteiger charge is -2.02. The zero-order valence-electron chi connectivity index (χ0n) is 10.4. The fourth-order valence-electron chi connectivity index (χ4n) is 1.80. The molecule has 17 heavy (non-hydrogen) atoms. The molecule has 5 N–H and O–H groups in total. The van der Waals surface area contributed by atoms with Gasteiger partial charge in [0.1, 0.15) is 0 Å². The summed E-state index contributed by atoms with van der Waals surface area (Å²) in [6.45, 7) is 2.23. The van der Waals surface area contributed by atoms with E-state index in [1.54, 1.807) is 0 Å². The molecule has 0 radical (unpaired) electrons. The summed E-state index contributed by atoms with van der Waals surface area (Å²) in [4.78, 5) is 4.65. The van der Waals surface area contributed by atoms with Crippen LogP contribution in [-0.4, -0.2) is 10.5 Å². The zero-order valence-corrected chi connectivity index (χ0v) is 10.4. The van der Waals surface area contributed by atoms with Crippen LogP contribution < -0.4 is 6.15 Å². The first-order valence-electron chi connectivity index (χ1n) is 5.75. The molecule has 94 valence electrons. The summed E-state index contributed by atoms with van der Waals surface area (Å²) in [7, 11) is 0. The van der Waals surface area contributed by atoms with Gasteiger partial charge in [-0.05, 0) is 25.0 Å². The Morgan fingerprint density at radius 2 is 1.76 bits per heavy atom. The fraction of sp³-hybridized carbons (Fsp3) is 0.357. The van der Waals surface area contributed by atoms with Gasteiger partial charge in [-0.1, -0.05) is 44.0 Å². The third-order valence-corrected chi connectivity index (χ3v) is 2.69. The van der Waals surface area contributed by atoms with Crippen molar-refractivity contribution in [2.24, 2.45) is 0 Å². The Labute approximate surface area is 103 Å². The minimum absolute atomic E-state index is 0. The van der Waals surface area contributed by atoms with E-state index in [1.807, 2.05) is 6.07 Å². The van der Waals surface area contributed by atoms with Crippen LogP contribution in [-0.2, 0) is 6.42 Å². The second-order valence-electron chi connectivity index (χ2n) is 3.95. The van der Waals surface area contributed by atoms with Gasteiger partial charge in [-0.3, -0.25) is 4.98 Å². The molecule has 0 spiro atoms. The molecule has 0 saturated heterocycles. The van der Waals surface area contributed by atoms with Gasteiger partial charge in [0, 0.05) is 11.1 Å². The molecular formula is C14H22N2O. The monoisotopic (exact) mass is 234 g/mol. The third-order valence-electron chi connectivity index (χ3n) is 2.69. The predicted octanol–water partition coefficient (Wildman–Crippen LogP) is 3.30. The first-order valence-corrected chi connectivity index (χ1v) is 5.75.